The number of carbonyl (C=O) groups excluding carboxylic acids is 2. The molecule has 2 amide bonds. The van der Waals surface area contributed by atoms with Crippen LogP contribution < -0.4 is 5.32 Å². The Morgan fingerprint density at radius 2 is 1.66 bits per heavy atom. The number of alkyl carbamates (subject to hydrolysis) is 1. The number of aliphatic hydroxyl groups excluding tert-OH is 1. The van der Waals surface area contributed by atoms with Crippen LogP contribution in [0.2, 0.25) is 0 Å². The number of nitrogens with one attached hydrogen (secondary N) is 1. The Morgan fingerprint density at radius 3 is 2.25 bits per heavy atom. The lowest BCUT2D eigenvalue weighted by molar-refractivity contribution is -0.128. The fraction of sp³-hybridized carbons (Fsp3) is 0.417. The number of hydrogen-bond acceptors (Lipinski definition) is 5. The molecule has 1 aliphatic rings. The minimum absolute atomic E-state index is 0.0145. The fourth-order valence-corrected chi connectivity index (χ4v) is 5.34. The standard InChI is InChI=1S/C24H32N3O4P/c1-26(17-32(3)27(2)14-15-28)23(29)12-13-25-24(30)31-16-22-20-10-6-4-8-18(20)19-9-5-7-11-21(19)22/h4-11,22,28H,12-17H2,1-3H3,(H,25,30). The van der Waals surface area contributed by atoms with Crippen molar-refractivity contribution in [3.63, 3.8) is 0 Å². The maximum atomic E-state index is 12.4. The number of amides is 2. The number of carbonyl (C=O) groups is 2. The quantitative estimate of drug-likeness (QED) is 0.535. The van der Waals surface area contributed by atoms with E-state index in [1.54, 1.807) is 11.9 Å². The number of rotatable bonds is 10. The summed E-state index contributed by atoms with van der Waals surface area (Å²) < 4.78 is 7.57. The normalized spacial score (nSPS) is 13.4. The van der Waals surface area contributed by atoms with E-state index < -0.39 is 14.2 Å². The highest BCUT2D eigenvalue weighted by Gasteiger charge is 2.29. The van der Waals surface area contributed by atoms with E-state index >= 15 is 0 Å². The fourth-order valence-electron chi connectivity index (χ4n) is 3.92. The molecule has 0 heterocycles. The molecule has 2 aromatic carbocycles. The minimum Gasteiger partial charge on any atom is -0.449 e. The van der Waals surface area contributed by atoms with Gasteiger partial charge >= 0.3 is 6.09 Å². The van der Waals surface area contributed by atoms with Crippen molar-refractivity contribution in [3.05, 3.63) is 59.7 Å². The Morgan fingerprint density at radius 1 is 1.06 bits per heavy atom. The van der Waals surface area contributed by atoms with Gasteiger partial charge in [-0.2, -0.15) is 0 Å². The van der Waals surface area contributed by atoms with Crippen LogP contribution in [0, 0.1) is 0 Å². The molecular weight excluding hydrogens is 425 g/mol. The largest absolute Gasteiger partial charge is 0.449 e. The molecule has 172 valence electrons. The first-order chi connectivity index (χ1) is 15.4. The first-order valence-corrected chi connectivity index (χ1v) is 12.7. The Balaban J connectivity index is 1.44. The Bertz CT molecular complexity index is 893. The van der Waals surface area contributed by atoms with Crippen molar-refractivity contribution in [2.75, 3.05) is 53.3 Å². The van der Waals surface area contributed by atoms with Gasteiger partial charge in [0.25, 0.3) is 0 Å². The number of aliphatic hydroxyl groups is 1. The van der Waals surface area contributed by atoms with Gasteiger partial charge in [0.05, 0.1) is 12.9 Å². The van der Waals surface area contributed by atoms with Crippen molar-refractivity contribution >= 4 is 20.1 Å². The number of ether oxygens (including phenoxy) is 1. The Labute approximate surface area is 191 Å². The number of fused-ring (bicyclic) bond motifs is 3. The van der Waals surface area contributed by atoms with E-state index in [4.69, 9.17) is 9.84 Å². The van der Waals surface area contributed by atoms with Crippen LogP contribution in [-0.2, 0) is 9.53 Å². The molecule has 32 heavy (non-hydrogen) atoms. The van der Waals surface area contributed by atoms with E-state index in [9.17, 15) is 9.59 Å². The first-order valence-electron chi connectivity index (χ1n) is 10.8. The van der Waals surface area contributed by atoms with E-state index in [1.165, 1.54) is 22.3 Å². The number of nitrogens with zero attached hydrogens (tertiary/aromatic N) is 2. The van der Waals surface area contributed by atoms with Crippen molar-refractivity contribution in [2.24, 2.45) is 0 Å². The molecule has 0 aliphatic heterocycles. The van der Waals surface area contributed by atoms with Crippen molar-refractivity contribution in [1.29, 1.82) is 0 Å². The second-order valence-corrected chi connectivity index (χ2v) is 10.3. The monoisotopic (exact) mass is 457 g/mol. The van der Waals surface area contributed by atoms with Crippen LogP contribution in [-0.4, -0.2) is 80.0 Å². The van der Waals surface area contributed by atoms with E-state index in [-0.39, 0.29) is 38.0 Å². The van der Waals surface area contributed by atoms with E-state index in [0.29, 0.717) is 12.8 Å². The molecule has 2 N–H and O–H groups in total. The van der Waals surface area contributed by atoms with Crippen molar-refractivity contribution in [1.82, 2.24) is 14.9 Å². The molecule has 0 saturated heterocycles. The van der Waals surface area contributed by atoms with Crippen molar-refractivity contribution in [3.8, 4) is 11.1 Å². The van der Waals surface area contributed by atoms with Gasteiger partial charge in [-0.3, -0.25) is 9.46 Å². The summed E-state index contributed by atoms with van der Waals surface area (Å²) in [6.45, 7) is 3.25. The molecule has 0 saturated carbocycles. The summed E-state index contributed by atoms with van der Waals surface area (Å²) >= 11 is 0. The van der Waals surface area contributed by atoms with Gasteiger partial charge < -0.3 is 20.1 Å². The highest BCUT2D eigenvalue weighted by atomic mass is 31.1. The Kier molecular flexibility index (Phi) is 8.62. The SMILES string of the molecule is CN(CP(C)N(C)CCO)C(=O)CCNC(=O)OCC1c2ccccc2-c2ccccc21. The summed E-state index contributed by atoms with van der Waals surface area (Å²) in [5.41, 5.74) is 4.71. The maximum Gasteiger partial charge on any atom is 0.407 e. The summed E-state index contributed by atoms with van der Waals surface area (Å²) in [7, 11) is 3.17. The van der Waals surface area contributed by atoms with Gasteiger partial charge in [0.15, 0.2) is 0 Å². The molecular formula is C24H32N3O4P. The summed E-state index contributed by atoms with van der Waals surface area (Å²) in [4.78, 5) is 26.3. The van der Waals surface area contributed by atoms with Gasteiger partial charge in [0, 0.05) is 32.5 Å². The van der Waals surface area contributed by atoms with Crippen LogP contribution in [0.4, 0.5) is 4.79 Å². The number of hydrogen-bond donors (Lipinski definition) is 2. The molecule has 7 nitrogen and oxygen atoms in total. The highest BCUT2D eigenvalue weighted by Crippen LogP contribution is 2.44. The maximum absolute atomic E-state index is 12.4. The molecule has 1 unspecified atom stereocenters. The molecule has 1 atom stereocenters. The lowest BCUT2D eigenvalue weighted by atomic mass is 9.98. The molecule has 3 rings (SSSR count). The van der Waals surface area contributed by atoms with Gasteiger partial charge in [-0.1, -0.05) is 48.5 Å². The van der Waals surface area contributed by atoms with Gasteiger partial charge in [-0.25, -0.2) is 4.79 Å². The lowest BCUT2D eigenvalue weighted by Crippen LogP contribution is -2.34. The van der Waals surface area contributed by atoms with Crippen LogP contribution >= 0.6 is 8.07 Å². The van der Waals surface area contributed by atoms with Gasteiger partial charge in [-0.05, 0) is 44.0 Å². The van der Waals surface area contributed by atoms with Crippen LogP contribution in [0.3, 0.4) is 0 Å². The average molecular weight is 458 g/mol. The molecule has 0 spiro atoms. The van der Waals surface area contributed by atoms with Gasteiger partial charge in [0.2, 0.25) is 5.91 Å². The predicted molar refractivity (Wildman–Crippen MR) is 128 cm³/mol. The number of likely N-dealkylation sites (N-methyl/N-ethyl adjacent to an activating group) is 1. The van der Waals surface area contributed by atoms with Crippen molar-refractivity contribution < 1.29 is 19.4 Å². The third-order valence-corrected chi connectivity index (χ3v) is 8.00. The predicted octanol–water partition coefficient (Wildman–Crippen LogP) is 3.28. The molecule has 0 bridgehead atoms. The number of benzene rings is 2. The van der Waals surface area contributed by atoms with Crippen molar-refractivity contribution in [2.45, 2.75) is 12.3 Å². The van der Waals surface area contributed by atoms with Crippen LogP contribution in [0.15, 0.2) is 48.5 Å². The first kappa shape index (κ1) is 24.2. The molecule has 2 aromatic rings. The average Bonchev–Trinajstić information content (AvgIpc) is 3.11. The summed E-state index contributed by atoms with van der Waals surface area (Å²) in [5.74, 6) is -0.0173. The van der Waals surface area contributed by atoms with E-state index in [2.05, 4.69) is 40.9 Å². The van der Waals surface area contributed by atoms with Crippen LogP contribution in [0.25, 0.3) is 11.1 Å². The summed E-state index contributed by atoms with van der Waals surface area (Å²) in [5, 5.41) is 11.7. The topological polar surface area (TPSA) is 82.1 Å². The molecule has 8 heteroatoms. The second-order valence-electron chi connectivity index (χ2n) is 8.00. The van der Waals surface area contributed by atoms with Gasteiger partial charge in [0.1, 0.15) is 6.61 Å². The molecule has 0 fully saturated rings. The van der Waals surface area contributed by atoms with Crippen LogP contribution in [0.5, 0.6) is 0 Å². The third-order valence-electron chi connectivity index (χ3n) is 5.80. The summed E-state index contributed by atoms with van der Waals surface area (Å²) in [6, 6.07) is 16.4. The zero-order valence-electron chi connectivity index (χ0n) is 19.0. The lowest BCUT2D eigenvalue weighted by Gasteiger charge is -2.28. The highest BCUT2D eigenvalue weighted by molar-refractivity contribution is 7.54. The minimum atomic E-state index is -0.534. The summed E-state index contributed by atoms with van der Waals surface area (Å²) in [6.07, 6.45) is 0.325. The Hall–Kier alpha value is -2.47. The zero-order chi connectivity index (χ0) is 23.1. The molecule has 0 radical (unpaired) electrons. The zero-order valence-corrected chi connectivity index (χ0v) is 19.8. The second kappa shape index (κ2) is 11.4. The van der Waals surface area contributed by atoms with Crippen LogP contribution in [0.1, 0.15) is 23.5 Å². The molecule has 1 aliphatic carbocycles. The van der Waals surface area contributed by atoms with Gasteiger partial charge in [-0.15, -0.1) is 0 Å². The van der Waals surface area contributed by atoms with E-state index in [0.717, 1.165) is 0 Å². The van der Waals surface area contributed by atoms with E-state index in [1.807, 2.05) is 31.3 Å². The molecule has 0 aromatic heterocycles. The third kappa shape index (κ3) is 5.85. The smallest absolute Gasteiger partial charge is 0.407 e.